The Balaban J connectivity index is 1.80. The third-order valence-electron chi connectivity index (χ3n) is 3.68. The van der Waals surface area contributed by atoms with Crippen molar-refractivity contribution in [2.75, 3.05) is 11.9 Å². The van der Waals surface area contributed by atoms with Crippen LogP contribution in [0.25, 0.3) is 0 Å². The van der Waals surface area contributed by atoms with Gasteiger partial charge in [0.05, 0.1) is 5.69 Å². The number of amides is 1. The molecular weight excluding hydrogens is 368 g/mol. The molecule has 0 fully saturated rings. The first-order chi connectivity index (χ1) is 12.7. The molecule has 0 saturated heterocycles. The summed E-state index contributed by atoms with van der Waals surface area (Å²) in [6.07, 6.45) is -0.883. The highest BCUT2D eigenvalue weighted by Gasteiger charge is 2.30. The first kappa shape index (κ1) is 19.2. The van der Waals surface area contributed by atoms with E-state index in [2.05, 4.69) is 10.0 Å². The number of carbonyl (C=O) groups is 1. The Hall–Kier alpha value is -2.58. The van der Waals surface area contributed by atoms with Gasteiger partial charge in [-0.05, 0) is 45.0 Å². The molecule has 27 heavy (non-hydrogen) atoms. The van der Waals surface area contributed by atoms with Gasteiger partial charge < -0.3 is 14.8 Å². The highest BCUT2D eigenvalue weighted by Crippen LogP contribution is 2.31. The molecule has 144 valence electrons. The van der Waals surface area contributed by atoms with Crippen molar-refractivity contribution in [3.8, 4) is 11.5 Å². The van der Waals surface area contributed by atoms with E-state index in [0.29, 0.717) is 11.5 Å². The largest absolute Gasteiger partial charge is 0.485 e. The number of sulfonamides is 1. The molecule has 3 rings (SSSR count). The first-order valence-corrected chi connectivity index (χ1v) is 9.96. The van der Waals surface area contributed by atoms with Gasteiger partial charge in [-0.25, -0.2) is 13.1 Å². The smallest absolute Gasteiger partial charge is 0.269 e. The predicted molar refractivity (Wildman–Crippen MR) is 101 cm³/mol. The summed E-state index contributed by atoms with van der Waals surface area (Å²) in [6.45, 7) is 5.28. The van der Waals surface area contributed by atoms with Gasteiger partial charge in [0.15, 0.2) is 11.5 Å². The van der Waals surface area contributed by atoms with Crippen molar-refractivity contribution in [3.05, 3.63) is 48.5 Å². The molecule has 2 N–H and O–H groups in total. The number of para-hydroxylation sites is 3. The van der Waals surface area contributed by atoms with Crippen LogP contribution in [-0.4, -0.2) is 32.6 Å². The lowest BCUT2D eigenvalue weighted by atomic mass is 10.1. The molecule has 2 aromatic rings. The number of carbonyl (C=O) groups excluding carboxylic acids is 1. The highest BCUT2D eigenvalue weighted by molar-refractivity contribution is 7.89. The van der Waals surface area contributed by atoms with E-state index in [1.165, 1.54) is 12.1 Å². The van der Waals surface area contributed by atoms with Gasteiger partial charge in [0, 0.05) is 5.54 Å². The molecule has 8 heteroatoms. The van der Waals surface area contributed by atoms with E-state index in [4.69, 9.17) is 9.47 Å². The molecule has 1 aliphatic rings. The van der Waals surface area contributed by atoms with Gasteiger partial charge in [-0.15, -0.1) is 0 Å². The summed E-state index contributed by atoms with van der Waals surface area (Å²) in [7, 11) is -3.81. The van der Waals surface area contributed by atoms with Crippen LogP contribution in [0.3, 0.4) is 0 Å². The summed E-state index contributed by atoms with van der Waals surface area (Å²) in [5, 5.41) is 2.64. The van der Waals surface area contributed by atoms with E-state index < -0.39 is 27.6 Å². The summed E-state index contributed by atoms with van der Waals surface area (Å²) < 4.78 is 39.1. The van der Waals surface area contributed by atoms with E-state index in [0.717, 1.165) is 0 Å². The summed E-state index contributed by atoms with van der Waals surface area (Å²) in [5.74, 6) is 0.557. The van der Waals surface area contributed by atoms with Crippen molar-refractivity contribution in [2.45, 2.75) is 37.3 Å². The molecule has 1 atom stereocenters. The van der Waals surface area contributed by atoms with Gasteiger partial charge >= 0.3 is 0 Å². The highest BCUT2D eigenvalue weighted by atomic mass is 32.2. The topological polar surface area (TPSA) is 93.7 Å². The van der Waals surface area contributed by atoms with Crippen LogP contribution in [0.2, 0.25) is 0 Å². The Bertz CT molecular complexity index is 951. The number of benzene rings is 2. The second-order valence-corrected chi connectivity index (χ2v) is 8.86. The molecule has 1 heterocycles. The van der Waals surface area contributed by atoms with E-state index in [9.17, 15) is 13.2 Å². The van der Waals surface area contributed by atoms with Crippen LogP contribution in [0.4, 0.5) is 5.69 Å². The summed E-state index contributed by atoms with van der Waals surface area (Å²) in [6, 6.07) is 13.3. The first-order valence-electron chi connectivity index (χ1n) is 8.48. The van der Waals surface area contributed by atoms with Crippen molar-refractivity contribution in [1.82, 2.24) is 4.72 Å². The maximum Gasteiger partial charge on any atom is 0.269 e. The number of hydrogen-bond acceptors (Lipinski definition) is 5. The third-order valence-corrected chi connectivity index (χ3v) is 5.49. The summed E-state index contributed by atoms with van der Waals surface area (Å²) >= 11 is 0. The van der Waals surface area contributed by atoms with Crippen molar-refractivity contribution >= 4 is 21.6 Å². The van der Waals surface area contributed by atoms with E-state index in [-0.39, 0.29) is 17.2 Å². The maximum atomic E-state index is 12.7. The van der Waals surface area contributed by atoms with E-state index in [1.54, 1.807) is 51.1 Å². The molecule has 1 unspecified atom stereocenters. The maximum absolute atomic E-state index is 12.7. The monoisotopic (exact) mass is 390 g/mol. The summed E-state index contributed by atoms with van der Waals surface area (Å²) in [5.41, 5.74) is -0.471. The molecule has 0 radical (unpaired) electrons. The molecular formula is C19H22N2O5S. The number of anilines is 1. The number of fused-ring (bicyclic) bond motifs is 1. The minimum Gasteiger partial charge on any atom is -0.485 e. The van der Waals surface area contributed by atoms with Gasteiger partial charge in [0.2, 0.25) is 16.1 Å². The summed E-state index contributed by atoms with van der Waals surface area (Å²) in [4.78, 5) is 12.6. The predicted octanol–water partition coefficient (Wildman–Crippen LogP) is 2.54. The van der Waals surface area contributed by atoms with E-state index in [1.807, 2.05) is 6.07 Å². The Morgan fingerprint density at radius 2 is 1.67 bits per heavy atom. The minimum atomic E-state index is -3.81. The molecule has 0 spiro atoms. The second-order valence-electron chi connectivity index (χ2n) is 7.21. The Morgan fingerprint density at radius 1 is 1.04 bits per heavy atom. The Labute approximate surface area is 158 Å². The molecule has 2 aromatic carbocycles. The zero-order valence-corrected chi connectivity index (χ0v) is 16.2. The Morgan fingerprint density at radius 3 is 2.37 bits per heavy atom. The minimum absolute atomic E-state index is 0.00889. The number of rotatable bonds is 4. The standard InChI is InChI=1S/C19H22N2O5S/c1-19(2,3)21-27(23,24)17-11-7-4-8-13(17)20-18(22)16-12-25-14-9-5-6-10-15(14)26-16/h4-11,16,21H,12H2,1-3H3,(H,20,22). The van der Waals surface area contributed by atoms with Crippen molar-refractivity contribution in [1.29, 1.82) is 0 Å². The Kier molecular flexibility index (Phi) is 5.12. The SMILES string of the molecule is CC(C)(C)NS(=O)(=O)c1ccccc1NC(=O)C1COc2ccccc2O1. The third kappa shape index (κ3) is 4.58. The fourth-order valence-electron chi connectivity index (χ4n) is 2.62. The molecule has 0 aromatic heterocycles. The zero-order chi connectivity index (χ0) is 19.7. The van der Waals surface area contributed by atoms with Crippen LogP contribution in [0.5, 0.6) is 11.5 Å². The van der Waals surface area contributed by atoms with Crippen LogP contribution >= 0.6 is 0 Å². The van der Waals surface area contributed by atoms with Crippen LogP contribution in [0, 0.1) is 0 Å². The number of nitrogens with one attached hydrogen (secondary N) is 2. The van der Waals surface area contributed by atoms with Crippen LogP contribution in [0.15, 0.2) is 53.4 Å². The molecule has 0 bridgehead atoms. The number of hydrogen-bond donors (Lipinski definition) is 2. The van der Waals surface area contributed by atoms with Crippen LogP contribution in [-0.2, 0) is 14.8 Å². The van der Waals surface area contributed by atoms with Crippen molar-refractivity contribution < 1.29 is 22.7 Å². The van der Waals surface area contributed by atoms with Gasteiger partial charge in [-0.1, -0.05) is 24.3 Å². The van der Waals surface area contributed by atoms with Crippen LogP contribution in [0.1, 0.15) is 20.8 Å². The van der Waals surface area contributed by atoms with Crippen molar-refractivity contribution in [3.63, 3.8) is 0 Å². The molecule has 0 aliphatic carbocycles. The molecule has 7 nitrogen and oxygen atoms in total. The lowest BCUT2D eigenvalue weighted by Gasteiger charge is -2.26. The second kappa shape index (κ2) is 7.21. The lowest BCUT2D eigenvalue weighted by Crippen LogP contribution is -2.42. The average Bonchev–Trinajstić information content (AvgIpc) is 2.59. The quantitative estimate of drug-likeness (QED) is 0.837. The number of ether oxygens (including phenoxy) is 2. The lowest BCUT2D eigenvalue weighted by molar-refractivity contribution is -0.125. The molecule has 0 saturated carbocycles. The average molecular weight is 390 g/mol. The van der Waals surface area contributed by atoms with Gasteiger partial charge in [0.1, 0.15) is 11.5 Å². The fourth-order valence-corrected chi connectivity index (χ4v) is 4.21. The van der Waals surface area contributed by atoms with E-state index >= 15 is 0 Å². The van der Waals surface area contributed by atoms with Gasteiger partial charge in [-0.2, -0.15) is 0 Å². The fraction of sp³-hybridized carbons (Fsp3) is 0.316. The normalized spacial score (nSPS) is 16.6. The molecule has 1 amide bonds. The molecule has 1 aliphatic heterocycles. The zero-order valence-electron chi connectivity index (χ0n) is 15.4. The van der Waals surface area contributed by atoms with Gasteiger partial charge in [-0.3, -0.25) is 4.79 Å². The van der Waals surface area contributed by atoms with Gasteiger partial charge in [0.25, 0.3) is 5.91 Å². The van der Waals surface area contributed by atoms with Crippen LogP contribution < -0.4 is 19.5 Å². The van der Waals surface area contributed by atoms with Crippen molar-refractivity contribution in [2.24, 2.45) is 0 Å².